The minimum atomic E-state index is -0.638. The number of nitrogens with zero attached hydrogens (tertiary/aromatic N) is 1. The number of amides is 1. The molecule has 0 saturated heterocycles. The summed E-state index contributed by atoms with van der Waals surface area (Å²) >= 11 is 0. The van der Waals surface area contributed by atoms with Crippen LogP contribution in [0.4, 0.5) is 0 Å². The molecule has 1 aliphatic rings. The summed E-state index contributed by atoms with van der Waals surface area (Å²) in [5, 5.41) is 3.89. The number of rotatable bonds is 11. The van der Waals surface area contributed by atoms with Crippen molar-refractivity contribution in [1.82, 2.24) is 4.90 Å². The number of unbranched alkanes of at least 4 members (excludes halogenated alkanes) is 1. The van der Waals surface area contributed by atoms with Crippen molar-refractivity contribution in [3.8, 4) is 28.7 Å². The van der Waals surface area contributed by atoms with Gasteiger partial charge in [0, 0.05) is 6.54 Å². The van der Waals surface area contributed by atoms with E-state index in [1.807, 2.05) is 47.4 Å². The molecule has 4 N–H and O–H groups in total. The number of carbonyl (C=O) groups excluding carboxylic acids is 1. The van der Waals surface area contributed by atoms with Crippen molar-refractivity contribution in [2.24, 2.45) is 11.5 Å². The van der Waals surface area contributed by atoms with Gasteiger partial charge in [0.25, 0.3) is 0 Å². The first kappa shape index (κ1) is 30.3. The molecule has 4 aromatic carbocycles. The second-order valence-electron chi connectivity index (χ2n) is 10.8. The van der Waals surface area contributed by atoms with Gasteiger partial charge in [-0.1, -0.05) is 12.5 Å². The maximum Gasteiger partial charge on any atom is 0.240 e. The van der Waals surface area contributed by atoms with Crippen molar-refractivity contribution in [3.63, 3.8) is 0 Å². The number of carbonyl (C=O) groups is 1. The average molecular weight is 588 g/mol. The van der Waals surface area contributed by atoms with Crippen LogP contribution < -0.4 is 35.2 Å². The predicted octanol–water partition coefficient (Wildman–Crippen LogP) is 4.97. The first-order valence-electron chi connectivity index (χ1n) is 14.6. The zero-order valence-corrected chi connectivity index (χ0v) is 25.6. The number of ether oxygens (including phenoxy) is 5. The number of nitrogens with two attached hydrogens (primary N) is 2. The molecule has 0 saturated carbocycles. The van der Waals surface area contributed by atoms with E-state index in [0.717, 1.165) is 56.8 Å². The molecule has 1 unspecified atom stereocenters. The molecule has 43 heavy (non-hydrogen) atoms. The van der Waals surface area contributed by atoms with E-state index in [2.05, 4.69) is 6.07 Å². The molecule has 0 bridgehead atoms. The van der Waals surface area contributed by atoms with Gasteiger partial charge in [-0.05, 0) is 107 Å². The lowest BCUT2D eigenvalue weighted by atomic mass is 9.83. The van der Waals surface area contributed by atoms with Gasteiger partial charge in [0.05, 0.1) is 47.6 Å². The van der Waals surface area contributed by atoms with Gasteiger partial charge in [-0.2, -0.15) is 0 Å². The summed E-state index contributed by atoms with van der Waals surface area (Å²) in [6.07, 6.45) is 2.85. The lowest BCUT2D eigenvalue weighted by Crippen LogP contribution is -2.48. The third kappa shape index (κ3) is 5.62. The minimum Gasteiger partial charge on any atom is -0.497 e. The van der Waals surface area contributed by atoms with Crippen LogP contribution in [0.15, 0.2) is 48.5 Å². The van der Waals surface area contributed by atoms with Crippen LogP contribution in [0.25, 0.3) is 21.5 Å². The lowest BCUT2D eigenvalue weighted by molar-refractivity contribution is -0.134. The number of benzene rings is 4. The van der Waals surface area contributed by atoms with E-state index in [4.69, 9.17) is 35.2 Å². The van der Waals surface area contributed by atoms with Crippen LogP contribution in [-0.4, -0.2) is 65.5 Å². The van der Waals surface area contributed by atoms with Crippen molar-refractivity contribution in [2.45, 2.75) is 37.8 Å². The Morgan fingerprint density at radius 2 is 1.44 bits per heavy atom. The maximum atomic E-state index is 14.1. The highest BCUT2D eigenvalue weighted by Gasteiger charge is 2.36. The van der Waals surface area contributed by atoms with Gasteiger partial charge < -0.3 is 40.1 Å². The van der Waals surface area contributed by atoms with Crippen LogP contribution in [0.5, 0.6) is 28.7 Å². The largest absolute Gasteiger partial charge is 0.497 e. The molecule has 1 aliphatic heterocycles. The van der Waals surface area contributed by atoms with Crippen LogP contribution in [0.2, 0.25) is 0 Å². The van der Waals surface area contributed by atoms with Crippen LogP contribution in [0.1, 0.15) is 42.0 Å². The number of methoxy groups -OCH3 is 5. The van der Waals surface area contributed by atoms with E-state index in [-0.39, 0.29) is 5.91 Å². The SMILES string of the molecule is COc1ccc2cc(C3c4cc(OC)c(OC)cc4CCN3C(=O)[C@@H](N)CCCCN)c3cc(OC)c(OC)cc3c2c1. The maximum absolute atomic E-state index is 14.1. The van der Waals surface area contributed by atoms with Gasteiger partial charge >= 0.3 is 0 Å². The quantitative estimate of drug-likeness (QED) is 0.187. The molecule has 5 rings (SSSR count). The standard InChI is InChI=1S/C34H41N3O6/c1-39-22-10-9-20-14-27(26-19-32(43-5)31(42-4)18-25(26)23(20)16-22)33-24-17-30(41-3)29(40-2)15-21(24)11-13-37(33)34(38)28(36)8-6-7-12-35/h9-10,14-19,28,33H,6-8,11-13,35-36H2,1-5H3/t28-,33?/m0/s1. The van der Waals surface area contributed by atoms with Gasteiger partial charge in [-0.3, -0.25) is 4.79 Å². The Morgan fingerprint density at radius 1 is 0.791 bits per heavy atom. The minimum absolute atomic E-state index is 0.0917. The summed E-state index contributed by atoms with van der Waals surface area (Å²) < 4.78 is 28.4. The van der Waals surface area contributed by atoms with Crippen molar-refractivity contribution in [1.29, 1.82) is 0 Å². The zero-order chi connectivity index (χ0) is 30.7. The second kappa shape index (κ2) is 13.0. The third-order valence-corrected chi connectivity index (χ3v) is 8.43. The molecule has 4 aromatic rings. The van der Waals surface area contributed by atoms with Gasteiger partial charge in [0.15, 0.2) is 23.0 Å². The molecule has 9 nitrogen and oxygen atoms in total. The summed E-state index contributed by atoms with van der Waals surface area (Å²) in [7, 11) is 8.15. The topological polar surface area (TPSA) is 118 Å². The van der Waals surface area contributed by atoms with E-state index >= 15 is 0 Å². The Labute approximate surface area is 252 Å². The highest BCUT2D eigenvalue weighted by molar-refractivity contribution is 6.11. The van der Waals surface area contributed by atoms with E-state index in [9.17, 15) is 4.79 Å². The summed E-state index contributed by atoms with van der Waals surface area (Å²) in [5.41, 5.74) is 15.3. The summed E-state index contributed by atoms with van der Waals surface area (Å²) in [6.45, 7) is 1.08. The average Bonchev–Trinajstić information content (AvgIpc) is 3.05. The Morgan fingerprint density at radius 3 is 2.09 bits per heavy atom. The first-order valence-corrected chi connectivity index (χ1v) is 14.6. The highest BCUT2D eigenvalue weighted by Crippen LogP contribution is 2.46. The molecule has 228 valence electrons. The number of hydrogen-bond donors (Lipinski definition) is 2. The molecular weight excluding hydrogens is 546 g/mol. The van der Waals surface area contributed by atoms with Crippen LogP contribution >= 0.6 is 0 Å². The fourth-order valence-corrected chi connectivity index (χ4v) is 6.20. The van der Waals surface area contributed by atoms with Crippen molar-refractivity contribution >= 4 is 27.5 Å². The molecule has 0 spiro atoms. The lowest BCUT2D eigenvalue weighted by Gasteiger charge is -2.40. The summed E-state index contributed by atoms with van der Waals surface area (Å²) in [5.74, 6) is 3.11. The first-order chi connectivity index (χ1) is 20.9. The predicted molar refractivity (Wildman–Crippen MR) is 169 cm³/mol. The number of fused-ring (bicyclic) bond motifs is 4. The van der Waals surface area contributed by atoms with Crippen LogP contribution in [0.3, 0.4) is 0 Å². The van der Waals surface area contributed by atoms with E-state index in [1.54, 1.807) is 35.5 Å². The molecule has 0 aliphatic carbocycles. The Hall–Kier alpha value is -4.21. The zero-order valence-electron chi connectivity index (χ0n) is 25.6. The molecular formula is C34H41N3O6. The fraction of sp³-hybridized carbons (Fsp3) is 0.382. The van der Waals surface area contributed by atoms with Gasteiger partial charge in [0.1, 0.15) is 5.75 Å². The smallest absolute Gasteiger partial charge is 0.240 e. The van der Waals surface area contributed by atoms with Crippen molar-refractivity contribution < 1.29 is 28.5 Å². The van der Waals surface area contributed by atoms with Gasteiger partial charge in [-0.25, -0.2) is 0 Å². The molecule has 9 heteroatoms. The van der Waals surface area contributed by atoms with Crippen molar-refractivity contribution in [2.75, 3.05) is 48.6 Å². The Balaban J connectivity index is 1.81. The second-order valence-corrected chi connectivity index (χ2v) is 10.8. The molecule has 0 radical (unpaired) electrons. The Kier molecular flexibility index (Phi) is 9.13. The van der Waals surface area contributed by atoms with Gasteiger partial charge in [0.2, 0.25) is 5.91 Å². The van der Waals surface area contributed by atoms with Crippen LogP contribution in [0, 0.1) is 0 Å². The monoisotopic (exact) mass is 587 g/mol. The van der Waals surface area contributed by atoms with E-state index in [0.29, 0.717) is 48.9 Å². The highest BCUT2D eigenvalue weighted by atomic mass is 16.5. The molecule has 1 heterocycles. The number of hydrogen-bond acceptors (Lipinski definition) is 8. The molecule has 0 aromatic heterocycles. The normalized spacial score (nSPS) is 15.2. The molecule has 1 amide bonds. The molecule has 2 atom stereocenters. The summed E-state index contributed by atoms with van der Waals surface area (Å²) in [4.78, 5) is 16.0. The molecule has 0 fully saturated rings. The van der Waals surface area contributed by atoms with Crippen molar-refractivity contribution in [3.05, 3.63) is 65.2 Å². The van der Waals surface area contributed by atoms with E-state index in [1.165, 1.54) is 0 Å². The fourth-order valence-electron chi connectivity index (χ4n) is 6.20. The van der Waals surface area contributed by atoms with Gasteiger partial charge in [-0.15, -0.1) is 0 Å². The van der Waals surface area contributed by atoms with Crippen LogP contribution in [-0.2, 0) is 11.2 Å². The summed E-state index contributed by atoms with van der Waals surface area (Å²) in [6, 6.07) is 15.1. The van der Waals surface area contributed by atoms with E-state index < -0.39 is 12.1 Å². The Bertz CT molecular complexity index is 1640. The third-order valence-electron chi connectivity index (χ3n) is 8.43.